The van der Waals surface area contributed by atoms with Crippen molar-refractivity contribution in [3.8, 4) is 17.1 Å². The summed E-state index contributed by atoms with van der Waals surface area (Å²) in [6.07, 6.45) is 8.36. The number of carbonyl (C=O) groups is 2. The molecule has 37 heavy (non-hydrogen) atoms. The Hall–Kier alpha value is -3.94. The fourth-order valence-electron chi connectivity index (χ4n) is 5.07. The summed E-state index contributed by atoms with van der Waals surface area (Å²) in [5, 5.41) is 5.85. The smallest absolute Gasteiger partial charge is 0.343 e. The number of rotatable bonds is 7. The van der Waals surface area contributed by atoms with Gasteiger partial charge < -0.3 is 9.72 Å². The Kier molecular flexibility index (Phi) is 7.08. The number of aromatic nitrogens is 4. The average molecular weight is 500 g/mol. The molecule has 0 spiro atoms. The number of amides is 1. The van der Waals surface area contributed by atoms with E-state index in [1.807, 2.05) is 44.2 Å². The van der Waals surface area contributed by atoms with Gasteiger partial charge in [0.25, 0.3) is 0 Å². The number of nitrogens with zero attached hydrogens (tertiary/aromatic N) is 4. The minimum Gasteiger partial charge on any atom is -0.462 e. The number of aromatic amines is 1. The Morgan fingerprint density at radius 2 is 1.92 bits per heavy atom. The highest BCUT2D eigenvalue weighted by Gasteiger charge is 2.33. The maximum Gasteiger partial charge on any atom is 0.343 e. The molecular weight excluding hydrogens is 466 g/mol. The Labute approximate surface area is 216 Å². The highest BCUT2D eigenvalue weighted by Crippen LogP contribution is 2.31. The van der Waals surface area contributed by atoms with E-state index in [9.17, 15) is 9.59 Å². The van der Waals surface area contributed by atoms with Crippen LogP contribution in [0.3, 0.4) is 0 Å². The van der Waals surface area contributed by atoms with Crippen molar-refractivity contribution in [2.24, 2.45) is 5.92 Å². The molecule has 1 fully saturated rings. The van der Waals surface area contributed by atoms with E-state index >= 15 is 0 Å². The second kappa shape index (κ2) is 10.6. The van der Waals surface area contributed by atoms with Gasteiger partial charge in [-0.05, 0) is 57.9 Å². The normalized spacial score (nSPS) is 14.3. The van der Waals surface area contributed by atoms with Crippen LogP contribution in [0.4, 0.5) is 5.82 Å². The van der Waals surface area contributed by atoms with Gasteiger partial charge in [0.1, 0.15) is 5.56 Å². The molecule has 0 bridgehead atoms. The van der Waals surface area contributed by atoms with Crippen molar-refractivity contribution in [3.05, 3.63) is 60.4 Å². The first-order valence-corrected chi connectivity index (χ1v) is 13.1. The third-order valence-electron chi connectivity index (χ3n) is 6.94. The van der Waals surface area contributed by atoms with Crippen molar-refractivity contribution >= 4 is 28.6 Å². The van der Waals surface area contributed by atoms with E-state index in [0.29, 0.717) is 11.5 Å². The van der Waals surface area contributed by atoms with E-state index in [4.69, 9.17) is 9.84 Å². The molecule has 1 aliphatic rings. The number of nitrogens with one attached hydrogen (secondary N) is 1. The molecule has 0 atom stereocenters. The largest absolute Gasteiger partial charge is 0.462 e. The summed E-state index contributed by atoms with van der Waals surface area (Å²) in [6, 6.07) is 13.8. The zero-order chi connectivity index (χ0) is 25.9. The number of esters is 1. The molecule has 1 amide bonds. The van der Waals surface area contributed by atoms with Crippen LogP contribution in [0.15, 0.2) is 54.9 Å². The first-order chi connectivity index (χ1) is 18.0. The van der Waals surface area contributed by atoms with Crippen LogP contribution in [-0.4, -0.2) is 44.3 Å². The molecule has 192 valence electrons. The number of carbonyl (C=O) groups excluding carboxylic acids is 2. The molecule has 1 aromatic carbocycles. The molecule has 0 aliphatic heterocycles. The maximum atomic E-state index is 13.6. The van der Waals surface area contributed by atoms with Gasteiger partial charge in [-0.15, -0.1) is 5.10 Å². The zero-order valence-electron chi connectivity index (χ0n) is 21.6. The third-order valence-corrected chi connectivity index (χ3v) is 6.94. The van der Waals surface area contributed by atoms with Gasteiger partial charge in [0.2, 0.25) is 5.91 Å². The first-order valence-electron chi connectivity index (χ1n) is 13.1. The number of benzene rings is 1. The summed E-state index contributed by atoms with van der Waals surface area (Å²) in [5.74, 6) is -0.177. The predicted molar refractivity (Wildman–Crippen MR) is 144 cm³/mol. The molecule has 1 saturated carbocycles. The van der Waals surface area contributed by atoms with Gasteiger partial charge in [-0.25, -0.2) is 9.48 Å². The highest BCUT2D eigenvalue weighted by atomic mass is 16.5. The number of H-pyrrole nitrogens is 1. The number of ether oxygens (including phenoxy) is 1. The van der Waals surface area contributed by atoms with Gasteiger partial charge in [0, 0.05) is 29.1 Å². The van der Waals surface area contributed by atoms with Crippen LogP contribution in [0.25, 0.3) is 28.0 Å². The Balaban J connectivity index is 1.49. The first kappa shape index (κ1) is 24.7. The average Bonchev–Trinajstić information content (AvgIpc) is 3.54. The lowest BCUT2D eigenvalue weighted by atomic mass is 9.88. The van der Waals surface area contributed by atoms with Crippen molar-refractivity contribution in [1.29, 1.82) is 0 Å². The van der Waals surface area contributed by atoms with Crippen molar-refractivity contribution in [2.45, 2.75) is 58.9 Å². The summed E-state index contributed by atoms with van der Waals surface area (Å²) in [4.78, 5) is 36.2. The summed E-state index contributed by atoms with van der Waals surface area (Å²) in [6.45, 7) is 5.90. The zero-order valence-corrected chi connectivity index (χ0v) is 21.6. The Morgan fingerprint density at radius 1 is 1.14 bits per heavy atom. The van der Waals surface area contributed by atoms with E-state index in [2.05, 4.69) is 22.1 Å². The molecule has 0 radical (unpaired) electrons. The molecule has 3 heterocycles. The van der Waals surface area contributed by atoms with Crippen LogP contribution in [0.2, 0.25) is 0 Å². The fourth-order valence-corrected chi connectivity index (χ4v) is 5.07. The van der Waals surface area contributed by atoms with E-state index in [1.165, 1.54) is 0 Å². The van der Waals surface area contributed by atoms with Crippen LogP contribution in [0.1, 0.15) is 63.2 Å². The third kappa shape index (κ3) is 5.01. The Morgan fingerprint density at radius 3 is 2.59 bits per heavy atom. The second-order valence-electron chi connectivity index (χ2n) is 9.84. The number of anilines is 1. The summed E-state index contributed by atoms with van der Waals surface area (Å²) in [5.41, 5.74) is 3.74. The lowest BCUT2D eigenvalue weighted by Gasteiger charge is -2.31. The second-order valence-corrected chi connectivity index (χ2v) is 9.84. The molecule has 1 N–H and O–H groups in total. The number of para-hydroxylation sites is 1. The molecule has 5 rings (SSSR count). The summed E-state index contributed by atoms with van der Waals surface area (Å²) >= 11 is 0. The number of pyridine rings is 1. The van der Waals surface area contributed by atoms with Gasteiger partial charge >= 0.3 is 5.97 Å². The van der Waals surface area contributed by atoms with E-state index < -0.39 is 5.97 Å². The minimum absolute atomic E-state index is 0.0257. The van der Waals surface area contributed by atoms with E-state index in [1.54, 1.807) is 28.9 Å². The standard InChI is InChI=1S/C29H33N5O3/c1-4-37-29(36)23-18-33(32-27(23)34(19(2)3)28(35)20-10-6-5-7-11-20)22-14-15-25(30-17-22)26-16-21-12-8-9-13-24(21)31-26/h8-9,12-20,31H,4-7,10-11H2,1-3H3. The number of hydrogen-bond donors (Lipinski definition) is 1. The van der Waals surface area contributed by atoms with Crippen LogP contribution in [-0.2, 0) is 9.53 Å². The molecular formula is C29H33N5O3. The lowest BCUT2D eigenvalue weighted by molar-refractivity contribution is -0.123. The molecule has 4 aromatic rings. The van der Waals surface area contributed by atoms with Crippen LogP contribution in [0.5, 0.6) is 0 Å². The topological polar surface area (TPSA) is 93.1 Å². The molecule has 3 aromatic heterocycles. The Bertz CT molecular complexity index is 1360. The van der Waals surface area contributed by atoms with Crippen molar-refractivity contribution in [1.82, 2.24) is 19.7 Å². The quantitative estimate of drug-likeness (QED) is 0.319. The predicted octanol–water partition coefficient (Wildman–Crippen LogP) is 5.91. The van der Waals surface area contributed by atoms with E-state index in [0.717, 1.165) is 54.4 Å². The van der Waals surface area contributed by atoms with Gasteiger partial charge in [-0.3, -0.25) is 14.7 Å². The van der Waals surface area contributed by atoms with E-state index in [-0.39, 0.29) is 30.0 Å². The van der Waals surface area contributed by atoms with Gasteiger partial charge in [0.05, 0.1) is 29.9 Å². The highest BCUT2D eigenvalue weighted by molar-refractivity contribution is 6.02. The SMILES string of the molecule is CCOC(=O)c1cn(-c2ccc(-c3cc4ccccc4[nH]3)nc2)nc1N(C(=O)C1CCCCC1)C(C)C. The van der Waals surface area contributed by atoms with Crippen molar-refractivity contribution in [2.75, 3.05) is 11.5 Å². The molecule has 0 unspecified atom stereocenters. The maximum absolute atomic E-state index is 13.6. The van der Waals surface area contributed by atoms with Crippen LogP contribution in [0, 0.1) is 5.92 Å². The van der Waals surface area contributed by atoms with Gasteiger partial charge in [-0.2, -0.15) is 0 Å². The van der Waals surface area contributed by atoms with Crippen molar-refractivity contribution in [3.63, 3.8) is 0 Å². The molecule has 0 saturated heterocycles. The number of fused-ring (bicyclic) bond motifs is 1. The van der Waals surface area contributed by atoms with Crippen molar-refractivity contribution < 1.29 is 14.3 Å². The lowest BCUT2D eigenvalue weighted by Crippen LogP contribution is -2.42. The summed E-state index contributed by atoms with van der Waals surface area (Å²) in [7, 11) is 0. The van der Waals surface area contributed by atoms with Gasteiger partial charge in [-0.1, -0.05) is 37.5 Å². The monoisotopic (exact) mass is 499 g/mol. The summed E-state index contributed by atoms with van der Waals surface area (Å²) < 4.78 is 6.93. The molecule has 8 nitrogen and oxygen atoms in total. The van der Waals surface area contributed by atoms with Crippen LogP contribution >= 0.6 is 0 Å². The minimum atomic E-state index is -0.492. The van der Waals surface area contributed by atoms with Gasteiger partial charge in [0.15, 0.2) is 5.82 Å². The van der Waals surface area contributed by atoms with Crippen LogP contribution < -0.4 is 4.90 Å². The molecule has 8 heteroatoms. The number of hydrogen-bond acceptors (Lipinski definition) is 5. The molecule has 1 aliphatic carbocycles. The fraction of sp³-hybridized carbons (Fsp3) is 0.379.